The Morgan fingerprint density at radius 2 is 1.86 bits per heavy atom. The molecule has 0 spiro atoms. The molecule has 3 aromatic rings. The first-order valence-electron chi connectivity index (χ1n) is 12.1. The zero-order chi connectivity index (χ0) is 24.9. The lowest BCUT2D eigenvalue weighted by Gasteiger charge is -2.35. The average molecular weight is 483 g/mol. The summed E-state index contributed by atoms with van der Waals surface area (Å²) in [6.07, 6.45) is 3.61. The number of benzene rings is 1. The molecule has 2 fully saturated rings. The lowest BCUT2D eigenvalue weighted by Crippen LogP contribution is -2.48. The van der Waals surface area contributed by atoms with E-state index in [0.717, 1.165) is 30.3 Å². The van der Waals surface area contributed by atoms with Crippen LogP contribution in [-0.4, -0.2) is 68.3 Å². The molecule has 9 nitrogen and oxygen atoms in total. The average Bonchev–Trinajstić information content (AvgIpc) is 3.45. The predicted octanol–water partition coefficient (Wildman–Crippen LogP) is 3.57. The van der Waals surface area contributed by atoms with Crippen molar-refractivity contribution in [3.05, 3.63) is 35.8 Å². The van der Waals surface area contributed by atoms with Crippen molar-refractivity contribution in [2.24, 2.45) is 0 Å². The minimum Gasteiger partial charge on any atom is -0.505 e. The van der Waals surface area contributed by atoms with Crippen LogP contribution in [-0.2, 0) is 4.79 Å². The van der Waals surface area contributed by atoms with E-state index < -0.39 is 5.82 Å². The Labute approximate surface area is 203 Å². The number of anilines is 2. The summed E-state index contributed by atoms with van der Waals surface area (Å²) in [6, 6.07) is 4.43. The summed E-state index contributed by atoms with van der Waals surface area (Å²) in [5.41, 5.74) is 1.25. The second-order valence-electron chi connectivity index (χ2n) is 9.62. The highest BCUT2D eigenvalue weighted by atomic mass is 19.1. The van der Waals surface area contributed by atoms with Crippen molar-refractivity contribution in [2.75, 3.05) is 42.5 Å². The number of hydrogen-bond donors (Lipinski definition) is 2. The van der Waals surface area contributed by atoms with Gasteiger partial charge in [-0.05, 0) is 44.4 Å². The number of fused-ring (bicyclic) bond motifs is 1. The van der Waals surface area contributed by atoms with Gasteiger partial charge in [-0.15, -0.1) is 0 Å². The lowest BCUT2D eigenvalue weighted by atomic mass is 10.0. The highest BCUT2D eigenvalue weighted by Gasteiger charge is 2.32. The largest absolute Gasteiger partial charge is 0.505 e. The van der Waals surface area contributed by atoms with Crippen molar-refractivity contribution in [3.63, 3.8) is 0 Å². The second kappa shape index (κ2) is 8.90. The summed E-state index contributed by atoms with van der Waals surface area (Å²) in [5.74, 6) is 0.339. The van der Waals surface area contributed by atoms with Crippen LogP contribution in [0.15, 0.2) is 24.4 Å². The molecule has 35 heavy (non-hydrogen) atoms. The zero-order valence-corrected chi connectivity index (χ0v) is 20.3. The van der Waals surface area contributed by atoms with E-state index in [2.05, 4.69) is 4.90 Å². The molecule has 1 amide bonds. The van der Waals surface area contributed by atoms with Gasteiger partial charge in [0.2, 0.25) is 17.7 Å². The number of hydrogen-bond acceptors (Lipinski definition) is 7. The molecule has 0 unspecified atom stereocenters. The molecule has 0 radical (unpaired) electrons. The highest BCUT2D eigenvalue weighted by molar-refractivity contribution is 5.94. The van der Waals surface area contributed by atoms with E-state index in [0.29, 0.717) is 43.5 Å². The summed E-state index contributed by atoms with van der Waals surface area (Å²) in [6.45, 7) is 8.66. The summed E-state index contributed by atoms with van der Waals surface area (Å²) in [7, 11) is 0. The topological polar surface area (TPSA) is 98.0 Å². The molecule has 2 saturated heterocycles. The molecule has 2 aliphatic heterocycles. The van der Waals surface area contributed by atoms with Gasteiger partial charge in [-0.25, -0.2) is 9.37 Å². The molecule has 2 aromatic heterocycles. The van der Waals surface area contributed by atoms with Gasteiger partial charge < -0.3 is 29.5 Å². The number of aromatic nitrogens is 3. The molecule has 2 aliphatic rings. The van der Waals surface area contributed by atoms with E-state index in [1.54, 1.807) is 22.5 Å². The number of aromatic hydroxyl groups is 2. The number of nitrogens with zero attached hydrogens (tertiary/aromatic N) is 6. The number of rotatable bonds is 4. The first kappa shape index (κ1) is 23.2. The van der Waals surface area contributed by atoms with Gasteiger partial charge in [0, 0.05) is 51.9 Å². The molecule has 0 saturated carbocycles. The fourth-order valence-electron chi connectivity index (χ4n) is 5.13. The van der Waals surface area contributed by atoms with E-state index >= 15 is 0 Å². The fourth-order valence-corrected chi connectivity index (χ4v) is 5.13. The Balaban J connectivity index is 1.59. The van der Waals surface area contributed by atoms with Crippen molar-refractivity contribution in [1.29, 1.82) is 0 Å². The van der Waals surface area contributed by atoms with E-state index in [1.165, 1.54) is 12.1 Å². The number of halogens is 1. The summed E-state index contributed by atoms with van der Waals surface area (Å²) in [5, 5.41) is 21.4. The van der Waals surface area contributed by atoms with Crippen LogP contribution in [0.3, 0.4) is 0 Å². The van der Waals surface area contributed by atoms with Gasteiger partial charge in [-0.3, -0.25) is 4.79 Å². The quantitative estimate of drug-likeness (QED) is 0.587. The molecule has 10 heteroatoms. The summed E-state index contributed by atoms with van der Waals surface area (Å²) >= 11 is 0. The third-order valence-corrected chi connectivity index (χ3v) is 7.08. The first-order valence-corrected chi connectivity index (χ1v) is 12.1. The highest BCUT2D eigenvalue weighted by Crippen LogP contribution is 2.42. The molecule has 2 N–H and O–H groups in total. The van der Waals surface area contributed by atoms with Crippen LogP contribution in [0, 0.1) is 5.82 Å². The van der Waals surface area contributed by atoms with Crippen LogP contribution in [0.4, 0.5) is 16.2 Å². The number of carbonyl (C=O) groups is 1. The van der Waals surface area contributed by atoms with Gasteiger partial charge in [-0.2, -0.15) is 4.98 Å². The van der Waals surface area contributed by atoms with Crippen molar-refractivity contribution in [2.45, 2.75) is 45.7 Å². The molecule has 5 rings (SSSR count). The maximum Gasteiger partial charge on any atom is 0.228 e. The third kappa shape index (κ3) is 4.11. The van der Waals surface area contributed by atoms with E-state index in [9.17, 15) is 19.4 Å². The van der Waals surface area contributed by atoms with Crippen LogP contribution in [0.5, 0.6) is 11.6 Å². The Morgan fingerprint density at radius 3 is 2.51 bits per heavy atom. The van der Waals surface area contributed by atoms with E-state index in [1.807, 2.05) is 24.9 Å². The van der Waals surface area contributed by atoms with Crippen molar-refractivity contribution in [3.8, 4) is 11.6 Å². The molecule has 186 valence electrons. The van der Waals surface area contributed by atoms with Gasteiger partial charge in [-0.1, -0.05) is 6.07 Å². The maximum absolute atomic E-state index is 14.2. The van der Waals surface area contributed by atoms with Crippen LogP contribution >= 0.6 is 0 Å². The van der Waals surface area contributed by atoms with E-state index in [4.69, 9.17) is 9.97 Å². The number of phenols is 1. The van der Waals surface area contributed by atoms with Gasteiger partial charge in [0.15, 0.2) is 11.6 Å². The Bertz CT molecular complexity index is 1270. The standard InChI is InChI=1S/C25H31FN6O3/c1-15(2)32-14-18-22(24(32)35)27-25(30-11-9-29(10-12-30)16(3)33)28-23(18)31-8-4-5-20(31)17-6-7-21(34)19(26)13-17/h6-7,13-15,20,34-35H,4-5,8-12H2,1-3H3/t20-/m1/s1. The Hall–Kier alpha value is -3.56. The number of amides is 1. The molecule has 1 aromatic carbocycles. The van der Waals surface area contributed by atoms with Crippen LogP contribution < -0.4 is 9.80 Å². The second-order valence-corrected chi connectivity index (χ2v) is 9.62. The lowest BCUT2D eigenvalue weighted by molar-refractivity contribution is -0.129. The fraction of sp³-hybridized carbons (Fsp3) is 0.480. The molecule has 0 bridgehead atoms. The van der Waals surface area contributed by atoms with Gasteiger partial charge in [0.25, 0.3) is 0 Å². The zero-order valence-electron chi connectivity index (χ0n) is 20.3. The Morgan fingerprint density at radius 1 is 1.11 bits per heavy atom. The smallest absolute Gasteiger partial charge is 0.228 e. The van der Waals surface area contributed by atoms with Crippen molar-refractivity contribution in [1.82, 2.24) is 19.4 Å². The number of carbonyl (C=O) groups excluding carboxylic acids is 1. The van der Waals surface area contributed by atoms with Gasteiger partial charge in [0.1, 0.15) is 11.3 Å². The monoisotopic (exact) mass is 482 g/mol. The number of piperazine rings is 1. The summed E-state index contributed by atoms with van der Waals surface area (Å²) < 4.78 is 16.0. The van der Waals surface area contributed by atoms with Crippen molar-refractivity contribution < 1.29 is 19.4 Å². The maximum atomic E-state index is 14.2. The molecule has 4 heterocycles. The normalized spacial score (nSPS) is 18.8. The van der Waals surface area contributed by atoms with Crippen molar-refractivity contribution >= 4 is 28.6 Å². The van der Waals surface area contributed by atoms with Gasteiger partial charge >= 0.3 is 0 Å². The van der Waals surface area contributed by atoms with E-state index in [-0.39, 0.29) is 29.6 Å². The third-order valence-electron chi connectivity index (χ3n) is 7.08. The molecule has 1 atom stereocenters. The first-order chi connectivity index (χ1) is 16.7. The molecular weight excluding hydrogens is 451 g/mol. The predicted molar refractivity (Wildman–Crippen MR) is 131 cm³/mol. The van der Waals surface area contributed by atoms with Crippen LogP contribution in [0.1, 0.15) is 51.3 Å². The number of phenolic OH excluding ortho intramolecular Hbond substituents is 1. The minimum atomic E-state index is -0.644. The van der Waals surface area contributed by atoms with Crippen LogP contribution in [0.2, 0.25) is 0 Å². The van der Waals surface area contributed by atoms with Gasteiger partial charge in [0.05, 0.1) is 11.4 Å². The van der Waals surface area contributed by atoms with Crippen LogP contribution in [0.25, 0.3) is 10.9 Å². The minimum absolute atomic E-state index is 0.0279. The molecular formula is C25H31FN6O3. The Kier molecular flexibility index (Phi) is 5.90. The SMILES string of the molecule is CC(=O)N1CCN(c2nc(N3CCC[C@@H]3c3ccc(O)c(F)c3)c3cn(C(C)C)c(O)c3n2)CC1. The molecule has 0 aliphatic carbocycles. The summed E-state index contributed by atoms with van der Waals surface area (Å²) in [4.78, 5) is 27.5.